The quantitative estimate of drug-likeness (QED) is 0.581. The fourth-order valence-electron chi connectivity index (χ4n) is 4.49. The molecule has 2 heteroatoms. The summed E-state index contributed by atoms with van der Waals surface area (Å²) in [7, 11) is 0. The van der Waals surface area contributed by atoms with Crippen LogP contribution < -0.4 is 0 Å². The van der Waals surface area contributed by atoms with Crippen LogP contribution in [0.2, 0.25) is 0 Å². The number of benzene rings is 2. The molecule has 0 saturated carbocycles. The Kier molecular flexibility index (Phi) is 5.13. The normalized spacial score (nSPS) is 22.0. The number of hydrogen-bond acceptors (Lipinski definition) is 2. The molecule has 2 aliphatic rings. The number of likely N-dealkylation sites (tertiary alicyclic amines) is 2. The standard InChI is InChI=1S/C26H30N2/c1-19(2)26-17-20(3)28(26)21(4)27-16-8-11-25(18-27)24-14-12-23(13-15-24)22-9-6-5-7-10-22/h5-7,9-10,12-15,25-26H,1,3-4,8,11,16-18H2,2H3. The molecule has 2 saturated heterocycles. The molecule has 0 N–H and O–H groups in total. The van der Waals surface area contributed by atoms with Crippen molar-refractivity contribution < 1.29 is 0 Å². The maximum atomic E-state index is 4.42. The van der Waals surface area contributed by atoms with E-state index >= 15 is 0 Å². The lowest BCUT2D eigenvalue weighted by Crippen LogP contribution is -2.50. The molecular formula is C26H30N2. The number of piperidine rings is 1. The van der Waals surface area contributed by atoms with E-state index in [2.05, 4.69) is 91.1 Å². The summed E-state index contributed by atoms with van der Waals surface area (Å²) in [6.07, 6.45) is 3.44. The van der Waals surface area contributed by atoms with E-state index in [1.54, 1.807) is 0 Å². The first-order valence-electron chi connectivity index (χ1n) is 10.3. The van der Waals surface area contributed by atoms with Gasteiger partial charge < -0.3 is 9.80 Å². The largest absolute Gasteiger partial charge is 0.358 e. The van der Waals surface area contributed by atoms with E-state index in [0.29, 0.717) is 12.0 Å². The van der Waals surface area contributed by atoms with Gasteiger partial charge in [0.05, 0.1) is 6.04 Å². The third-order valence-electron chi connectivity index (χ3n) is 6.20. The number of nitrogens with zero attached hydrogens (tertiary/aromatic N) is 2. The zero-order chi connectivity index (χ0) is 19.7. The van der Waals surface area contributed by atoms with Crippen LogP contribution in [0.15, 0.2) is 91.4 Å². The van der Waals surface area contributed by atoms with Gasteiger partial charge in [0, 0.05) is 31.1 Å². The van der Waals surface area contributed by atoms with E-state index < -0.39 is 0 Å². The molecule has 2 aliphatic heterocycles. The first-order chi connectivity index (χ1) is 13.5. The highest BCUT2D eigenvalue weighted by atomic mass is 15.4. The fourth-order valence-corrected chi connectivity index (χ4v) is 4.49. The van der Waals surface area contributed by atoms with Gasteiger partial charge in [-0.25, -0.2) is 0 Å². The zero-order valence-corrected chi connectivity index (χ0v) is 16.9. The Labute approximate surface area is 169 Å². The predicted molar refractivity (Wildman–Crippen MR) is 119 cm³/mol. The summed E-state index contributed by atoms with van der Waals surface area (Å²) in [6.45, 7) is 17.0. The van der Waals surface area contributed by atoms with Crippen molar-refractivity contribution in [2.24, 2.45) is 0 Å². The lowest BCUT2D eigenvalue weighted by atomic mass is 9.89. The minimum Gasteiger partial charge on any atom is -0.358 e. The maximum Gasteiger partial charge on any atom is 0.101 e. The van der Waals surface area contributed by atoms with Crippen molar-refractivity contribution in [2.75, 3.05) is 13.1 Å². The lowest BCUT2D eigenvalue weighted by Gasteiger charge is -2.50. The monoisotopic (exact) mass is 370 g/mol. The van der Waals surface area contributed by atoms with E-state index in [0.717, 1.165) is 31.0 Å². The molecule has 28 heavy (non-hydrogen) atoms. The maximum absolute atomic E-state index is 4.42. The molecular weight excluding hydrogens is 340 g/mol. The SMILES string of the molecule is C=C(C)C1CC(=C)N1C(=C)N1CCCC(c2ccc(-c3ccccc3)cc2)C1. The van der Waals surface area contributed by atoms with Crippen molar-refractivity contribution in [1.82, 2.24) is 9.80 Å². The second-order valence-corrected chi connectivity index (χ2v) is 8.19. The van der Waals surface area contributed by atoms with Crippen LogP contribution in [0.5, 0.6) is 0 Å². The number of rotatable bonds is 5. The molecule has 0 aromatic heterocycles. The molecule has 2 unspecified atom stereocenters. The van der Waals surface area contributed by atoms with E-state index in [9.17, 15) is 0 Å². The van der Waals surface area contributed by atoms with Gasteiger partial charge in [-0.3, -0.25) is 0 Å². The molecule has 2 aromatic rings. The molecule has 2 heterocycles. The van der Waals surface area contributed by atoms with Crippen LogP contribution in [0.25, 0.3) is 11.1 Å². The van der Waals surface area contributed by atoms with Crippen LogP contribution in [-0.4, -0.2) is 28.9 Å². The molecule has 0 bridgehead atoms. The van der Waals surface area contributed by atoms with E-state index in [1.165, 1.54) is 35.1 Å². The van der Waals surface area contributed by atoms with Crippen LogP contribution in [-0.2, 0) is 0 Å². The highest BCUT2D eigenvalue weighted by Gasteiger charge is 2.36. The van der Waals surface area contributed by atoms with Gasteiger partial charge in [0.1, 0.15) is 5.82 Å². The van der Waals surface area contributed by atoms with Gasteiger partial charge in [0.15, 0.2) is 0 Å². The van der Waals surface area contributed by atoms with Crippen molar-refractivity contribution in [3.8, 4) is 11.1 Å². The van der Waals surface area contributed by atoms with Crippen LogP contribution in [0.4, 0.5) is 0 Å². The smallest absolute Gasteiger partial charge is 0.101 e. The van der Waals surface area contributed by atoms with Gasteiger partial charge in [0.2, 0.25) is 0 Å². The summed E-state index contributed by atoms with van der Waals surface area (Å²) >= 11 is 0. The first kappa shape index (κ1) is 18.6. The summed E-state index contributed by atoms with van der Waals surface area (Å²) in [6, 6.07) is 20.1. The fraction of sp³-hybridized carbons (Fsp3) is 0.308. The van der Waals surface area contributed by atoms with E-state index in [1.807, 2.05) is 0 Å². The van der Waals surface area contributed by atoms with Gasteiger partial charge >= 0.3 is 0 Å². The van der Waals surface area contributed by atoms with E-state index in [-0.39, 0.29) is 0 Å². The molecule has 2 aromatic carbocycles. The van der Waals surface area contributed by atoms with Crippen LogP contribution >= 0.6 is 0 Å². The summed E-state index contributed by atoms with van der Waals surface area (Å²) in [5.41, 5.74) is 6.33. The first-order valence-corrected chi connectivity index (χ1v) is 10.3. The van der Waals surface area contributed by atoms with Gasteiger partial charge in [-0.2, -0.15) is 0 Å². The predicted octanol–water partition coefficient (Wildman–Crippen LogP) is 6.17. The molecule has 2 nitrogen and oxygen atoms in total. The highest BCUT2D eigenvalue weighted by Crippen LogP contribution is 2.38. The molecule has 0 aliphatic carbocycles. The third kappa shape index (κ3) is 3.52. The van der Waals surface area contributed by atoms with Gasteiger partial charge in [-0.15, -0.1) is 0 Å². The average Bonchev–Trinajstić information content (AvgIpc) is 2.72. The van der Waals surface area contributed by atoms with Crippen LogP contribution in [0.1, 0.15) is 37.7 Å². The minimum absolute atomic E-state index is 0.366. The van der Waals surface area contributed by atoms with Gasteiger partial charge in [0.25, 0.3) is 0 Å². The summed E-state index contributed by atoms with van der Waals surface area (Å²) in [4.78, 5) is 4.72. The van der Waals surface area contributed by atoms with Crippen molar-refractivity contribution >= 4 is 0 Å². The summed E-state index contributed by atoms with van der Waals surface area (Å²) < 4.78 is 0. The Balaban J connectivity index is 1.46. The summed E-state index contributed by atoms with van der Waals surface area (Å²) in [5.74, 6) is 1.64. The molecule has 0 amide bonds. The second kappa shape index (κ2) is 7.71. The highest BCUT2D eigenvalue weighted by molar-refractivity contribution is 5.63. The Hall–Kier alpha value is -2.74. The summed E-state index contributed by atoms with van der Waals surface area (Å²) in [5, 5.41) is 0. The Morgan fingerprint density at radius 3 is 2.29 bits per heavy atom. The zero-order valence-electron chi connectivity index (χ0n) is 16.9. The Morgan fingerprint density at radius 2 is 1.64 bits per heavy atom. The Bertz CT molecular complexity index is 878. The second-order valence-electron chi connectivity index (χ2n) is 8.19. The lowest BCUT2D eigenvalue weighted by molar-refractivity contribution is 0.137. The molecule has 0 radical (unpaired) electrons. The van der Waals surface area contributed by atoms with Gasteiger partial charge in [-0.1, -0.05) is 79.9 Å². The van der Waals surface area contributed by atoms with Crippen molar-refractivity contribution in [2.45, 2.75) is 38.1 Å². The van der Waals surface area contributed by atoms with Crippen LogP contribution in [0.3, 0.4) is 0 Å². The molecule has 2 fully saturated rings. The average molecular weight is 371 g/mol. The molecule has 4 rings (SSSR count). The van der Waals surface area contributed by atoms with E-state index in [4.69, 9.17) is 0 Å². The van der Waals surface area contributed by atoms with Gasteiger partial charge in [-0.05, 0) is 36.5 Å². The molecule has 0 spiro atoms. The van der Waals surface area contributed by atoms with Crippen molar-refractivity contribution in [3.05, 3.63) is 97.0 Å². The topological polar surface area (TPSA) is 6.48 Å². The Morgan fingerprint density at radius 1 is 0.964 bits per heavy atom. The molecule has 2 atom stereocenters. The minimum atomic E-state index is 0.366. The molecule has 144 valence electrons. The number of hydrogen-bond donors (Lipinski definition) is 0. The van der Waals surface area contributed by atoms with Crippen molar-refractivity contribution in [1.29, 1.82) is 0 Å². The third-order valence-corrected chi connectivity index (χ3v) is 6.20. The van der Waals surface area contributed by atoms with Crippen molar-refractivity contribution in [3.63, 3.8) is 0 Å². The van der Waals surface area contributed by atoms with Crippen LogP contribution in [0, 0.1) is 0 Å².